The third-order valence-corrected chi connectivity index (χ3v) is 2.09. The average molecular weight is 240 g/mol. The first-order valence-electron chi connectivity index (χ1n) is 5.89. The van der Waals surface area contributed by atoms with Gasteiger partial charge in [0.1, 0.15) is 6.04 Å². The van der Waals surface area contributed by atoms with E-state index in [0.717, 1.165) is 0 Å². The average Bonchev–Trinajstić information content (AvgIpc) is 2.11. The number of hydrogen-bond acceptors (Lipinski definition) is 2. The van der Waals surface area contributed by atoms with Gasteiger partial charge in [-0.25, -0.2) is 0 Å². The lowest BCUT2D eigenvalue weighted by Crippen LogP contribution is -2.54. The quantitative estimate of drug-likeness (QED) is 0.717. The number of amides is 2. The monoisotopic (exact) mass is 240 g/mol. The molecule has 98 valence electrons. The van der Waals surface area contributed by atoms with Crippen LogP contribution < -0.4 is 10.6 Å². The van der Waals surface area contributed by atoms with E-state index in [1.54, 1.807) is 0 Å². The molecule has 17 heavy (non-hydrogen) atoms. The van der Waals surface area contributed by atoms with Crippen LogP contribution in [0.5, 0.6) is 0 Å². The van der Waals surface area contributed by atoms with E-state index in [4.69, 9.17) is 0 Å². The summed E-state index contributed by atoms with van der Waals surface area (Å²) in [6.45, 7) is 13.0. The van der Waals surface area contributed by atoms with Crippen molar-refractivity contribution in [3.05, 3.63) is 12.7 Å². The highest BCUT2D eigenvalue weighted by Crippen LogP contribution is 2.06. The summed E-state index contributed by atoms with van der Waals surface area (Å²) in [5.74, 6) is -0.279. The topological polar surface area (TPSA) is 58.2 Å². The van der Waals surface area contributed by atoms with E-state index in [-0.39, 0.29) is 29.7 Å². The zero-order chi connectivity index (χ0) is 13.6. The summed E-state index contributed by atoms with van der Waals surface area (Å²) in [7, 11) is 0. The lowest BCUT2D eigenvalue weighted by Gasteiger charge is -2.27. The minimum absolute atomic E-state index is 0.0473. The summed E-state index contributed by atoms with van der Waals surface area (Å²) in [5, 5.41) is 5.59. The van der Waals surface area contributed by atoms with Gasteiger partial charge >= 0.3 is 0 Å². The smallest absolute Gasteiger partial charge is 0.243 e. The number of carbonyl (C=O) groups excluding carboxylic acids is 2. The molecule has 0 unspecified atom stereocenters. The van der Waals surface area contributed by atoms with Gasteiger partial charge in [-0.3, -0.25) is 9.59 Å². The molecule has 0 radical (unpaired) electrons. The van der Waals surface area contributed by atoms with Gasteiger partial charge in [0.15, 0.2) is 0 Å². The molecule has 4 nitrogen and oxygen atoms in total. The Kier molecular flexibility index (Phi) is 5.93. The molecule has 0 spiro atoms. The zero-order valence-electron chi connectivity index (χ0n) is 11.5. The summed E-state index contributed by atoms with van der Waals surface area (Å²) in [5.41, 5.74) is -0.298. The number of rotatable bonds is 5. The molecule has 2 amide bonds. The van der Waals surface area contributed by atoms with E-state index in [2.05, 4.69) is 17.2 Å². The van der Waals surface area contributed by atoms with Gasteiger partial charge in [-0.2, -0.15) is 0 Å². The molecule has 2 N–H and O–H groups in total. The molecule has 1 atom stereocenters. The van der Waals surface area contributed by atoms with E-state index in [0.29, 0.717) is 0 Å². The second-order valence-corrected chi connectivity index (χ2v) is 5.52. The van der Waals surface area contributed by atoms with E-state index >= 15 is 0 Å². The Morgan fingerprint density at radius 2 is 1.82 bits per heavy atom. The Hall–Kier alpha value is -1.32. The van der Waals surface area contributed by atoms with E-state index in [9.17, 15) is 9.59 Å². The third-order valence-electron chi connectivity index (χ3n) is 2.09. The van der Waals surface area contributed by atoms with Crippen LogP contribution in [0.3, 0.4) is 0 Å². The highest BCUT2D eigenvalue weighted by molar-refractivity contribution is 5.88. The normalized spacial score (nSPS) is 13.1. The Morgan fingerprint density at radius 3 is 2.18 bits per heavy atom. The maximum atomic E-state index is 12.0. The fourth-order valence-electron chi connectivity index (χ4n) is 1.35. The van der Waals surface area contributed by atoms with Gasteiger partial charge in [0.25, 0.3) is 0 Å². The molecule has 0 aromatic rings. The maximum absolute atomic E-state index is 12.0. The van der Waals surface area contributed by atoms with Gasteiger partial charge in [-0.1, -0.05) is 19.9 Å². The number of nitrogens with one attached hydrogen (secondary N) is 2. The van der Waals surface area contributed by atoms with E-state index in [1.807, 2.05) is 34.6 Å². The number of carbonyl (C=O) groups is 2. The minimum Gasteiger partial charge on any atom is -0.350 e. The number of hydrogen-bond donors (Lipinski definition) is 2. The molecule has 0 saturated heterocycles. The van der Waals surface area contributed by atoms with Crippen LogP contribution in [0.1, 0.15) is 41.0 Å². The summed E-state index contributed by atoms with van der Waals surface area (Å²) in [6.07, 6.45) is 1.75. The highest BCUT2D eigenvalue weighted by atomic mass is 16.2. The van der Waals surface area contributed by atoms with Gasteiger partial charge in [-0.05, 0) is 26.7 Å². The van der Waals surface area contributed by atoms with Gasteiger partial charge in [0, 0.05) is 12.0 Å². The van der Waals surface area contributed by atoms with Crippen LogP contribution in [-0.2, 0) is 9.59 Å². The van der Waals surface area contributed by atoms with Crippen molar-refractivity contribution in [2.45, 2.75) is 52.6 Å². The lowest BCUT2D eigenvalue weighted by molar-refractivity contribution is -0.130. The maximum Gasteiger partial charge on any atom is 0.243 e. The Balaban J connectivity index is 4.58. The molecule has 0 heterocycles. The highest BCUT2D eigenvalue weighted by Gasteiger charge is 2.26. The van der Waals surface area contributed by atoms with Gasteiger partial charge in [0.2, 0.25) is 11.8 Å². The van der Waals surface area contributed by atoms with Crippen LogP contribution in [0.25, 0.3) is 0 Å². The fourth-order valence-corrected chi connectivity index (χ4v) is 1.35. The molecular formula is C13H24N2O2. The molecule has 0 saturated carbocycles. The standard InChI is InChI=1S/C13H24N2O2/c1-7-8-10(16)14-11(9(2)3)12(17)15-13(4,5)6/h7,9,11H,1,8H2,2-6H3,(H,14,16)(H,15,17)/t11-/m0/s1. The first-order chi connectivity index (χ1) is 7.67. The Bertz CT molecular complexity index is 290. The van der Waals surface area contributed by atoms with Gasteiger partial charge in [0.05, 0.1) is 0 Å². The van der Waals surface area contributed by atoms with Crippen molar-refractivity contribution in [1.29, 1.82) is 0 Å². The van der Waals surface area contributed by atoms with Crippen molar-refractivity contribution in [3.8, 4) is 0 Å². The summed E-state index contributed by atoms with van der Waals surface area (Å²) in [4.78, 5) is 23.5. The van der Waals surface area contributed by atoms with Crippen LogP contribution in [0.15, 0.2) is 12.7 Å². The Labute approximate surface area is 104 Å². The first kappa shape index (κ1) is 15.7. The second-order valence-electron chi connectivity index (χ2n) is 5.52. The lowest BCUT2D eigenvalue weighted by atomic mass is 10.0. The summed E-state index contributed by atoms with van der Waals surface area (Å²) >= 11 is 0. The molecule has 0 aliphatic rings. The third kappa shape index (κ3) is 6.76. The van der Waals surface area contributed by atoms with Crippen LogP contribution in [-0.4, -0.2) is 23.4 Å². The largest absolute Gasteiger partial charge is 0.350 e. The molecule has 4 heteroatoms. The van der Waals surface area contributed by atoms with Crippen LogP contribution in [0.2, 0.25) is 0 Å². The predicted molar refractivity (Wildman–Crippen MR) is 69.5 cm³/mol. The van der Waals surface area contributed by atoms with Crippen LogP contribution in [0.4, 0.5) is 0 Å². The fraction of sp³-hybridized carbons (Fsp3) is 0.692. The van der Waals surface area contributed by atoms with Crippen molar-refractivity contribution in [3.63, 3.8) is 0 Å². The van der Waals surface area contributed by atoms with Crippen molar-refractivity contribution in [2.24, 2.45) is 5.92 Å². The first-order valence-corrected chi connectivity index (χ1v) is 5.89. The molecular weight excluding hydrogens is 216 g/mol. The van der Waals surface area contributed by atoms with Crippen molar-refractivity contribution < 1.29 is 9.59 Å². The van der Waals surface area contributed by atoms with Crippen LogP contribution in [0, 0.1) is 5.92 Å². The molecule has 0 aliphatic carbocycles. The van der Waals surface area contributed by atoms with E-state index in [1.165, 1.54) is 6.08 Å². The molecule has 0 bridgehead atoms. The second kappa shape index (κ2) is 6.42. The molecule has 0 aliphatic heterocycles. The predicted octanol–water partition coefficient (Wildman–Crippen LogP) is 1.62. The summed E-state index contributed by atoms with van der Waals surface area (Å²) < 4.78 is 0. The summed E-state index contributed by atoms with van der Waals surface area (Å²) in [6, 6.07) is -0.498. The van der Waals surface area contributed by atoms with Gasteiger partial charge < -0.3 is 10.6 Å². The van der Waals surface area contributed by atoms with Crippen molar-refractivity contribution in [1.82, 2.24) is 10.6 Å². The van der Waals surface area contributed by atoms with Crippen molar-refractivity contribution >= 4 is 11.8 Å². The molecule has 0 aromatic carbocycles. The molecule has 0 fully saturated rings. The van der Waals surface area contributed by atoms with E-state index < -0.39 is 6.04 Å². The molecule has 0 aromatic heterocycles. The van der Waals surface area contributed by atoms with Crippen LogP contribution >= 0.6 is 0 Å². The minimum atomic E-state index is -0.498. The molecule has 0 rings (SSSR count). The van der Waals surface area contributed by atoms with Gasteiger partial charge in [-0.15, -0.1) is 6.58 Å². The zero-order valence-corrected chi connectivity index (χ0v) is 11.5. The Morgan fingerprint density at radius 1 is 1.29 bits per heavy atom. The van der Waals surface area contributed by atoms with Crippen molar-refractivity contribution in [2.75, 3.05) is 0 Å². The SMILES string of the molecule is C=CCC(=O)N[C@H](C(=O)NC(C)(C)C)C(C)C.